The summed E-state index contributed by atoms with van der Waals surface area (Å²) in [5, 5.41) is 0. The molecule has 0 aromatic heterocycles. The van der Waals surface area contributed by atoms with Gasteiger partial charge in [0.25, 0.3) is 0 Å². The summed E-state index contributed by atoms with van der Waals surface area (Å²) >= 11 is -3.86. The molecule has 5 nitrogen and oxygen atoms in total. The number of nitrogens with zero attached hydrogens (tertiary/aromatic N) is 3. The van der Waals surface area contributed by atoms with Crippen LogP contribution in [-0.2, 0) is 10.8 Å². The predicted octanol–water partition coefficient (Wildman–Crippen LogP) is 17.1. The molecule has 19 rings (SSSR count). The fourth-order valence-electron chi connectivity index (χ4n) is 16.3. The fourth-order valence-corrected chi connectivity index (χ4v) is 26.8. The second-order valence-corrected chi connectivity index (χ2v) is 30.6. The van der Waals surface area contributed by atoms with Crippen molar-refractivity contribution in [3.05, 3.63) is 311 Å². The normalized spacial score (nSPS) is 15.9. The molecule has 5 heterocycles. The van der Waals surface area contributed by atoms with E-state index in [0.29, 0.717) is 0 Å². The molecule has 0 amide bonds. The number of benzene rings is 12. The summed E-state index contributed by atoms with van der Waals surface area (Å²) in [7, 11) is 0. The summed E-state index contributed by atoms with van der Waals surface area (Å²) in [6.07, 6.45) is 0. The van der Waals surface area contributed by atoms with E-state index >= 15 is 0 Å². The average molecular weight is 1090 g/mol. The van der Waals surface area contributed by atoms with Crippen LogP contribution in [0.3, 0.4) is 0 Å². The summed E-state index contributed by atoms with van der Waals surface area (Å²) in [5.41, 5.74) is 24.4. The zero-order valence-electron chi connectivity index (χ0n) is 44.1. The van der Waals surface area contributed by atoms with Crippen LogP contribution in [0.2, 0.25) is 5.76 Å². The van der Waals surface area contributed by atoms with Crippen molar-refractivity contribution < 1.29 is 9.47 Å². The SMILES string of the molecule is [CH3][Ge]12[c]3c4cccc3N(c3ccc5c(c3)C(c3ccccc3)(c3ccccc3)c3ccccc3-5)c3ccc5c([c]31)N1c3c(cccc3O5)Oc3ccc([c]2c31)N4c1ccc2c(c1)C(c1ccccc1)(c1ccccc1)c1ccccc1-2. The maximum absolute atomic E-state index is 7.09. The topological polar surface area (TPSA) is 28.2 Å². The molecule has 0 saturated carbocycles. The number of fused-ring (bicyclic) bond motifs is 6. The van der Waals surface area contributed by atoms with E-state index in [0.717, 1.165) is 51.4 Å². The molecule has 12 aromatic rings. The molecule has 12 aromatic carbocycles. The molecule has 2 aliphatic carbocycles. The van der Waals surface area contributed by atoms with Gasteiger partial charge in [-0.05, 0) is 0 Å². The van der Waals surface area contributed by atoms with E-state index in [1.165, 1.54) is 103 Å². The van der Waals surface area contributed by atoms with Gasteiger partial charge in [-0.2, -0.15) is 0 Å². The Bertz CT molecular complexity index is 4390. The van der Waals surface area contributed by atoms with Gasteiger partial charge in [0.05, 0.1) is 0 Å². The van der Waals surface area contributed by atoms with E-state index in [1.807, 2.05) is 6.07 Å². The first-order valence-electron chi connectivity index (χ1n) is 28.2. The monoisotopic (exact) mass is 1100 g/mol. The Hall–Kier alpha value is -9.82. The Kier molecular flexibility index (Phi) is 8.44. The van der Waals surface area contributed by atoms with Crippen LogP contribution in [0.15, 0.2) is 267 Å². The van der Waals surface area contributed by atoms with Gasteiger partial charge in [0, 0.05) is 0 Å². The van der Waals surface area contributed by atoms with Crippen molar-refractivity contribution in [2.24, 2.45) is 0 Å². The van der Waals surface area contributed by atoms with Crippen molar-refractivity contribution in [1.82, 2.24) is 0 Å². The molecule has 0 spiro atoms. The van der Waals surface area contributed by atoms with Gasteiger partial charge in [0.1, 0.15) is 0 Å². The molecular formula is C75H47GeN3O2. The van der Waals surface area contributed by atoms with Crippen molar-refractivity contribution in [3.8, 4) is 45.3 Å². The molecule has 5 aliphatic heterocycles. The number of rotatable bonds is 6. The van der Waals surface area contributed by atoms with E-state index in [9.17, 15) is 0 Å². The van der Waals surface area contributed by atoms with Crippen LogP contribution in [0.1, 0.15) is 44.5 Å². The minimum absolute atomic E-state index is 0.572. The van der Waals surface area contributed by atoms with E-state index in [2.05, 4.69) is 281 Å². The molecule has 0 N–H and O–H groups in total. The van der Waals surface area contributed by atoms with E-state index in [-0.39, 0.29) is 0 Å². The molecule has 0 saturated heterocycles. The van der Waals surface area contributed by atoms with Crippen LogP contribution in [-0.4, -0.2) is 13.3 Å². The van der Waals surface area contributed by atoms with Crippen LogP contribution in [0.5, 0.6) is 23.0 Å². The minimum atomic E-state index is -3.86. The van der Waals surface area contributed by atoms with E-state index in [1.54, 1.807) is 0 Å². The summed E-state index contributed by atoms with van der Waals surface area (Å²) in [5.74, 6) is 6.02. The van der Waals surface area contributed by atoms with Gasteiger partial charge < -0.3 is 0 Å². The molecular weight excluding hydrogens is 1050 g/mol. The number of ether oxygens (including phenoxy) is 2. The van der Waals surface area contributed by atoms with Crippen LogP contribution < -0.4 is 37.4 Å². The molecule has 81 heavy (non-hydrogen) atoms. The van der Waals surface area contributed by atoms with Gasteiger partial charge in [0.15, 0.2) is 0 Å². The third-order valence-electron chi connectivity index (χ3n) is 19.2. The van der Waals surface area contributed by atoms with Gasteiger partial charge in [-0.25, -0.2) is 0 Å². The number of hydrogen-bond acceptors (Lipinski definition) is 5. The molecule has 0 fully saturated rings. The first-order chi connectivity index (χ1) is 40.1. The summed E-state index contributed by atoms with van der Waals surface area (Å²) < 4.78 is 18.4. The van der Waals surface area contributed by atoms with Crippen molar-refractivity contribution in [2.75, 3.05) is 14.7 Å². The van der Waals surface area contributed by atoms with Gasteiger partial charge in [-0.15, -0.1) is 0 Å². The Morgan fingerprint density at radius 2 is 0.642 bits per heavy atom. The van der Waals surface area contributed by atoms with Crippen LogP contribution in [0.25, 0.3) is 22.3 Å². The summed E-state index contributed by atoms with van der Waals surface area (Å²) in [6, 6.07) is 100.0. The number of anilines is 9. The zero-order chi connectivity index (χ0) is 52.9. The number of hydrogen-bond donors (Lipinski definition) is 0. The summed E-state index contributed by atoms with van der Waals surface area (Å²) in [4.78, 5) is 7.76. The maximum atomic E-state index is 7.09. The molecule has 0 unspecified atom stereocenters. The zero-order valence-corrected chi connectivity index (χ0v) is 46.2. The Morgan fingerprint density at radius 3 is 1.07 bits per heavy atom. The van der Waals surface area contributed by atoms with Crippen LogP contribution in [0, 0.1) is 0 Å². The van der Waals surface area contributed by atoms with Crippen LogP contribution >= 0.6 is 0 Å². The Labute approximate surface area is 472 Å². The molecule has 0 radical (unpaired) electrons. The van der Waals surface area contributed by atoms with Crippen molar-refractivity contribution in [2.45, 2.75) is 16.6 Å². The van der Waals surface area contributed by atoms with Gasteiger partial charge in [-0.1, -0.05) is 0 Å². The molecule has 6 heteroatoms. The van der Waals surface area contributed by atoms with Gasteiger partial charge in [-0.3, -0.25) is 0 Å². The number of para-hydroxylation sites is 1. The van der Waals surface area contributed by atoms with Crippen molar-refractivity contribution in [1.29, 1.82) is 0 Å². The first kappa shape index (κ1) is 44.1. The van der Waals surface area contributed by atoms with E-state index in [4.69, 9.17) is 9.47 Å². The molecule has 0 bridgehead atoms. The van der Waals surface area contributed by atoms with E-state index < -0.39 is 24.1 Å². The standard InChI is InChI=1S/C75H47GeN3O2/c1-76-68-60-32-18-33-61(68)78(51-37-39-55-53-29-15-17-31-57(53)75(59(55)45-51,48-24-10-4-11-25-48)49-26-12-5-13-27-49)63-41-43-67-73(70(63)76)79-71-64(34-19-35-65(71)81-67)80-66-42-40-62(69(76)72(66)79)77(60)50-36-38-54-52-28-14-16-30-56(52)74(58(54)44-50,46-20-6-2-7-21-46)47-22-8-3-9-23-47/h2-45H,1H3. The second kappa shape index (κ2) is 15.5. The van der Waals surface area contributed by atoms with Gasteiger partial charge >= 0.3 is 475 Å². The van der Waals surface area contributed by atoms with Crippen molar-refractivity contribution >= 4 is 77.6 Å². The molecule has 0 atom stereocenters. The fraction of sp³-hybridized carbons (Fsp3) is 0.0400. The molecule has 378 valence electrons. The third-order valence-corrected chi connectivity index (χ3v) is 28.6. The quantitative estimate of drug-likeness (QED) is 0.155. The van der Waals surface area contributed by atoms with Crippen molar-refractivity contribution in [3.63, 3.8) is 0 Å². The van der Waals surface area contributed by atoms with Crippen LogP contribution in [0.4, 0.5) is 51.2 Å². The summed E-state index contributed by atoms with van der Waals surface area (Å²) in [6.45, 7) is 0. The first-order valence-corrected chi connectivity index (χ1v) is 33.4. The van der Waals surface area contributed by atoms with Gasteiger partial charge in [0.2, 0.25) is 0 Å². The average Bonchev–Trinajstić information content (AvgIpc) is 1.91. The Balaban J connectivity index is 0.909. The molecule has 7 aliphatic rings. The third kappa shape index (κ3) is 5.21. The predicted molar refractivity (Wildman–Crippen MR) is 329 cm³/mol. The second-order valence-electron chi connectivity index (χ2n) is 22.7. The Morgan fingerprint density at radius 1 is 0.284 bits per heavy atom.